The number of H-pyrrole nitrogens is 1. The van der Waals surface area contributed by atoms with Crippen LogP contribution in [0, 0.1) is 0 Å². The first kappa shape index (κ1) is 15.4. The van der Waals surface area contributed by atoms with E-state index >= 15 is 0 Å². The van der Waals surface area contributed by atoms with Gasteiger partial charge in [-0.1, -0.05) is 23.7 Å². The summed E-state index contributed by atoms with van der Waals surface area (Å²) in [7, 11) is 1.74. The van der Waals surface area contributed by atoms with Gasteiger partial charge in [-0.15, -0.1) is 0 Å². The minimum Gasteiger partial charge on any atom is -0.487 e. The third kappa shape index (κ3) is 3.29. The number of fused-ring (bicyclic) bond motifs is 1. The molecule has 0 unspecified atom stereocenters. The van der Waals surface area contributed by atoms with Gasteiger partial charge in [0.15, 0.2) is 5.65 Å². The van der Waals surface area contributed by atoms with Crippen molar-refractivity contribution in [3.63, 3.8) is 0 Å². The molecule has 0 saturated heterocycles. The molecule has 120 valence electrons. The van der Waals surface area contributed by atoms with Crippen LogP contribution < -0.4 is 15.6 Å². The van der Waals surface area contributed by atoms with E-state index in [1.807, 2.05) is 19.1 Å². The highest BCUT2D eigenvalue weighted by molar-refractivity contribution is 6.32. The predicted molar refractivity (Wildman–Crippen MR) is 89.2 cm³/mol. The van der Waals surface area contributed by atoms with Crippen LogP contribution in [0.4, 0.5) is 5.95 Å². The molecule has 0 radical (unpaired) electrons. The van der Waals surface area contributed by atoms with E-state index in [0.29, 0.717) is 34.3 Å². The van der Waals surface area contributed by atoms with E-state index in [-0.39, 0.29) is 11.7 Å². The third-order valence-electron chi connectivity index (χ3n) is 3.32. The standard InChI is InChI=1S/C15H16ClN5O2/c1-9(23-12-6-4-3-5-11(12)16)7-17-15-19-13-10(14(22)20-15)8-18-21(13)2/h3-6,8-9H,7H2,1-2H3,(H2,17,19,20,22)/t9-/m0/s1. The SMILES string of the molecule is C[C@@H](CNc1nc2c(cnn2C)c(=O)[nH]1)Oc1ccccc1Cl. The fraction of sp³-hybridized carbons (Fsp3) is 0.267. The zero-order valence-corrected chi connectivity index (χ0v) is 13.5. The molecule has 3 rings (SSSR count). The number of aromatic nitrogens is 4. The molecule has 7 nitrogen and oxygen atoms in total. The van der Waals surface area contributed by atoms with E-state index in [1.165, 1.54) is 6.20 Å². The van der Waals surface area contributed by atoms with Gasteiger partial charge in [0, 0.05) is 7.05 Å². The lowest BCUT2D eigenvalue weighted by atomic mass is 10.3. The van der Waals surface area contributed by atoms with Crippen molar-refractivity contribution in [3.05, 3.63) is 45.8 Å². The number of aryl methyl sites for hydroxylation is 1. The number of nitrogens with zero attached hydrogens (tertiary/aromatic N) is 3. The lowest BCUT2D eigenvalue weighted by molar-refractivity contribution is 0.234. The molecule has 0 aliphatic carbocycles. The Bertz CT molecular complexity index is 889. The lowest BCUT2D eigenvalue weighted by Gasteiger charge is -2.16. The van der Waals surface area contributed by atoms with E-state index in [4.69, 9.17) is 16.3 Å². The summed E-state index contributed by atoms with van der Waals surface area (Å²) in [6.07, 6.45) is 1.33. The van der Waals surface area contributed by atoms with Crippen LogP contribution in [0.15, 0.2) is 35.3 Å². The second-order valence-corrected chi connectivity index (χ2v) is 5.57. The number of ether oxygens (including phenoxy) is 1. The molecule has 0 saturated carbocycles. The van der Waals surface area contributed by atoms with E-state index in [0.717, 1.165) is 0 Å². The fourth-order valence-electron chi connectivity index (χ4n) is 2.16. The highest BCUT2D eigenvalue weighted by Crippen LogP contribution is 2.24. The minimum atomic E-state index is -0.231. The smallest absolute Gasteiger partial charge is 0.263 e. The second kappa shape index (κ2) is 6.29. The van der Waals surface area contributed by atoms with E-state index in [2.05, 4.69) is 20.4 Å². The normalized spacial score (nSPS) is 12.3. The molecule has 0 aliphatic heterocycles. The number of hydrogen-bond donors (Lipinski definition) is 2. The molecule has 3 aromatic rings. The van der Waals surface area contributed by atoms with Gasteiger partial charge in [0.25, 0.3) is 5.56 Å². The number of anilines is 1. The number of rotatable bonds is 5. The van der Waals surface area contributed by atoms with Crippen LogP contribution in [0.2, 0.25) is 5.02 Å². The van der Waals surface area contributed by atoms with Crippen molar-refractivity contribution in [2.24, 2.45) is 7.05 Å². The molecule has 0 amide bonds. The van der Waals surface area contributed by atoms with Gasteiger partial charge in [0.2, 0.25) is 5.95 Å². The highest BCUT2D eigenvalue weighted by atomic mass is 35.5. The van der Waals surface area contributed by atoms with Crippen LogP contribution in [0.5, 0.6) is 5.75 Å². The molecule has 2 N–H and O–H groups in total. The summed E-state index contributed by atoms with van der Waals surface area (Å²) in [5.74, 6) is 0.993. The molecular weight excluding hydrogens is 318 g/mol. The van der Waals surface area contributed by atoms with Crippen LogP contribution in [0.1, 0.15) is 6.92 Å². The molecule has 8 heteroatoms. The molecule has 0 spiro atoms. The van der Waals surface area contributed by atoms with Crippen LogP contribution in [-0.2, 0) is 7.05 Å². The molecule has 1 aromatic carbocycles. The van der Waals surface area contributed by atoms with Crippen LogP contribution >= 0.6 is 11.6 Å². The Morgan fingerprint density at radius 1 is 1.43 bits per heavy atom. The van der Waals surface area contributed by atoms with Crippen molar-refractivity contribution >= 4 is 28.6 Å². The van der Waals surface area contributed by atoms with Gasteiger partial charge in [-0.2, -0.15) is 10.1 Å². The van der Waals surface area contributed by atoms with Crippen LogP contribution in [0.25, 0.3) is 11.0 Å². The number of hydrogen-bond acceptors (Lipinski definition) is 5. The molecule has 0 fully saturated rings. The van der Waals surface area contributed by atoms with Crippen molar-refractivity contribution in [2.75, 3.05) is 11.9 Å². The zero-order valence-electron chi connectivity index (χ0n) is 12.7. The predicted octanol–water partition coefficient (Wildman–Crippen LogP) is 2.19. The van der Waals surface area contributed by atoms with Crippen molar-refractivity contribution in [1.82, 2.24) is 19.7 Å². The maximum absolute atomic E-state index is 12.0. The minimum absolute atomic E-state index is 0.164. The monoisotopic (exact) mass is 333 g/mol. The van der Waals surface area contributed by atoms with Gasteiger partial charge in [0.1, 0.15) is 17.2 Å². The zero-order chi connectivity index (χ0) is 16.4. The van der Waals surface area contributed by atoms with E-state index in [9.17, 15) is 4.79 Å². The van der Waals surface area contributed by atoms with E-state index < -0.39 is 0 Å². The van der Waals surface area contributed by atoms with Crippen molar-refractivity contribution < 1.29 is 4.74 Å². The summed E-state index contributed by atoms with van der Waals surface area (Å²) in [6, 6.07) is 7.28. The average Bonchev–Trinajstić information content (AvgIpc) is 2.90. The first-order valence-electron chi connectivity index (χ1n) is 7.11. The van der Waals surface area contributed by atoms with Gasteiger partial charge >= 0.3 is 0 Å². The Morgan fingerprint density at radius 2 is 2.22 bits per heavy atom. The summed E-state index contributed by atoms with van der Waals surface area (Å²) >= 11 is 6.06. The molecule has 2 aromatic heterocycles. The Hall–Kier alpha value is -2.54. The topological polar surface area (TPSA) is 84.8 Å². The molecule has 23 heavy (non-hydrogen) atoms. The average molecular weight is 334 g/mol. The Kier molecular flexibility index (Phi) is 4.20. The Morgan fingerprint density at radius 3 is 3.00 bits per heavy atom. The van der Waals surface area contributed by atoms with Gasteiger partial charge in [-0.25, -0.2) is 0 Å². The summed E-state index contributed by atoms with van der Waals surface area (Å²) in [5, 5.41) is 8.10. The highest BCUT2D eigenvalue weighted by Gasteiger charge is 2.10. The van der Waals surface area contributed by atoms with Gasteiger partial charge in [-0.05, 0) is 19.1 Å². The summed E-state index contributed by atoms with van der Waals surface area (Å²) < 4.78 is 7.32. The first-order chi connectivity index (χ1) is 11.0. The third-order valence-corrected chi connectivity index (χ3v) is 3.64. The number of aromatic amines is 1. The maximum atomic E-state index is 12.0. The molecule has 1 atom stereocenters. The summed E-state index contributed by atoms with van der Waals surface area (Å²) in [4.78, 5) is 19.0. The quantitative estimate of drug-likeness (QED) is 0.747. The van der Waals surface area contributed by atoms with Crippen LogP contribution in [-0.4, -0.2) is 32.4 Å². The maximum Gasteiger partial charge on any atom is 0.263 e. The lowest BCUT2D eigenvalue weighted by Crippen LogP contribution is -2.25. The molecule has 0 aliphatic rings. The molecule has 0 bridgehead atoms. The fourth-order valence-corrected chi connectivity index (χ4v) is 2.34. The van der Waals surface area contributed by atoms with Gasteiger partial charge in [0.05, 0.1) is 17.8 Å². The largest absolute Gasteiger partial charge is 0.487 e. The summed E-state index contributed by atoms with van der Waals surface area (Å²) in [6.45, 7) is 2.36. The Labute approximate surface area is 137 Å². The number of nitrogens with one attached hydrogen (secondary N) is 2. The molecule has 2 heterocycles. The Balaban J connectivity index is 1.69. The van der Waals surface area contributed by atoms with Crippen molar-refractivity contribution in [2.45, 2.75) is 13.0 Å². The molecular formula is C15H16ClN5O2. The number of para-hydroxylation sites is 1. The second-order valence-electron chi connectivity index (χ2n) is 5.16. The number of benzene rings is 1. The van der Waals surface area contributed by atoms with E-state index in [1.54, 1.807) is 23.9 Å². The van der Waals surface area contributed by atoms with Crippen molar-refractivity contribution in [1.29, 1.82) is 0 Å². The van der Waals surface area contributed by atoms with Gasteiger partial charge < -0.3 is 10.1 Å². The number of halogens is 1. The van der Waals surface area contributed by atoms with Gasteiger partial charge in [-0.3, -0.25) is 14.5 Å². The first-order valence-corrected chi connectivity index (χ1v) is 7.49. The van der Waals surface area contributed by atoms with Crippen molar-refractivity contribution in [3.8, 4) is 5.75 Å². The summed E-state index contributed by atoms with van der Waals surface area (Å²) in [5.41, 5.74) is 0.293. The van der Waals surface area contributed by atoms with Crippen LogP contribution in [0.3, 0.4) is 0 Å².